The molecule has 0 aromatic rings. The largest absolute Gasteiger partial charge is 0.348 e. The van der Waals surface area contributed by atoms with Gasteiger partial charge in [0.1, 0.15) is 0 Å². The molecule has 1 fully saturated rings. The number of hydrogen-bond acceptors (Lipinski definition) is 6. The quantitative estimate of drug-likeness (QED) is 0.329. The van der Waals surface area contributed by atoms with Crippen molar-refractivity contribution >= 4 is 18.3 Å². The Kier molecular flexibility index (Phi) is 1.74. The third kappa shape index (κ3) is 0.936. The van der Waals surface area contributed by atoms with Gasteiger partial charge in [-0.15, -0.1) is 0 Å². The lowest BCUT2D eigenvalue weighted by molar-refractivity contribution is -0.398. The Morgan fingerprint density at radius 2 is 2.27 bits per heavy atom. The number of carbonyl (C=O) groups is 2. The van der Waals surface area contributed by atoms with Crippen LogP contribution >= 0.6 is 0 Å². The van der Waals surface area contributed by atoms with E-state index in [0.717, 1.165) is 13.4 Å². The van der Waals surface area contributed by atoms with E-state index in [-0.39, 0.29) is 0 Å². The Bertz CT molecular complexity index is 371. The standard InChI is InChI=1S/C6H7N4O5/c1-10-3(11)5(15-14)6(13,8-2-7-5)9-4(10)12/h2,13H,1H3,(H,7,8)(H,9,12). The smallest absolute Gasteiger partial charge is 0.327 e. The first kappa shape index (κ1) is 9.83. The Morgan fingerprint density at radius 3 is 2.87 bits per heavy atom. The molecule has 2 aliphatic rings. The third-order valence-corrected chi connectivity index (χ3v) is 2.33. The maximum Gasteiger partial charge on any atom is 0.327 e. The van der Waals surface area contributed by atoms with Crippen molar-refractivity contribution in [2.75, 3.05) is 7.05 Å². The Balaban J connectivity index is 2.50. The molecule has 2 heterocycles. The molecule has 0 spiro atoms. The number of rotatable bonds is 1. The second-order valence-electron chi connectivity index (χ2n) is 3.13. The van der Waals surface area contributed by atoms with Crippen molar-refractivity contribution in [2.24, 2.45) is 4.99 Å². The molecule has 0 aromatic heterocycles. The van der Waals surface area contributed by atoms with Gasteiger partial charge in [0.05, 0.1) is 6.34 Å². The zero-order valence-corrected chi connectivity index (χ0v) is 7.55. The van der Waals surface area contributed by atoms with E-state index in [1.165, 1.54) is 0 Å². The van der Waals surface area contributed by atoms with Crippen LogP contribution in [0.15, 0.2) is 4.99 Å². The SMILES string of the molecule is CN1C(=O)NC2(O)N=CNC2(O[O])C1=O. The molecule has 0 aromatic carbocycles. The highest BCUT2D eigenvalue weighted by Crippen LogP contribution is 2.31. The fourth-order valence-electron chi connectivity index (χ4n) is 1.42. The fourth-order valence-corrected chi connectivity index (χ4v) is 1.42. The van der Waals surface area contributed by atoms with E-state index in [9.17, 15) is 20.0 Å². The van der Waals surface area contributed by atoms with Gasteiger partial charge >= 0.3 is 17.6 Å². The van der Waals surface area contributed by atoms with Gasteiger partial charge in [0.15, 0.2) is 0 Å². The number of urea groups is 1. The van der Waals surface area contributed by atoms with E-state index in [2.05, 4.69) is 15.2 Å². The van der Waals surface area contributed by atoms with Gasteiger partial charge in [0.25, 0.3) is 5.91 Å². The average molecular weight is 215 g/mol. The number of aliphatic imine (C=N–C) groups is 1. The van der Waals surface area contributed by atoms with E-state index in [0.29, 0.717) is 4.90 Å². The number of fused-ring (bicyclic) bond motifs is 1. The second kappa shape index (κ2) is 2.66. The van der Waals surface area contributed by atoms with Gasteiger partial charge in [0, 0.05) is 7.05 Å². The number of nitrogens with zero attached hydrogens (tertiary/aromatic N) is 2. The summed E-state index contributed by atoms with van der Waals surface area (Å²) in [4.78, 5) is 30.5. The molecule has 2 rings (SSSR count). The third-order valence-electron chi connectivity index (χ3n) is 2.33. The molecule has 81 valence electrons. The molecule has 15 heavy (non-hydrogen) atoms. The molecule has 2 atom stereocenters. The highest BCUT2D eigenvalue weighted by Gasteiger charge is 2.68. The van der Waals surface area contributed by atoms with Crippen LogP contribution in [0.5, 0.6) is 0 Å². The van der Waals surface area contributed by atoms with Crippen LogP contribution in [0.1, 0.15) is 0 Å². The molecular formula is C6H7N4O5. The number of imide groups is 1. The Labute approximate surface area is 83.3 Å². The lowest BCUT2D eigenvalue weighted by atomic mass is 10.1. The number of aliphatic hydroxyl groups is 1. The van der Waals surface area contributed by atoms with Gasteiger partial charge in [-0.2, -0.15) is 4.89 Å². The summed E-state index contributed by atoms with van der Waals surface area (Å²) in [5, 5.41) is 24.5. The molecule has 0 saturated carbocycles. The number of likely N-dealkylation sites (N-methyl/N-ethyl adjacent to an activating group) is 1. The first-order chi connectivity index (χ1) is 6.97. The molecular weight excluding hydrogens is 208 g/mol. The van der Waals surface area contributed by atoms with Crippen LogP contribution in [0, 0.1) is 0 Å². The Morgan fingerprint density at radius 1 is 1.60 bits per heavy atom. The maximum absolute atomic E-state index is 11.6. The number of carbonyl (C=O) groups excluding carboxylic acids is 2. The van der Waals surface area contributed by atoms with E-state index in [1.807, 2.05) is 5.32 Å². The summed E-state index contributed by atoms with van der Waals surface area (Å²) in [6.07, 6.45) is 0.912. The van der Waals surface area contributed by atoms with Crippen molar-refractivity contribution in [3.8, 4) is 0 Å². The molecule has 3 N–H and O–H groups in total. The van der Waals surface area contributed by atoms with Crippen LogP contribution in [-0.4, -0.2) is 46.9 Å². The van der Waals surface area contributed by atoms with E-state index in [1.54, 1.807) is 0 Å². The summed E-state index contributed by atoms with van der Waals surface area (Å²) in [5.74, 6) is -3.43. The van der Waals surface area contributed by atoms with Gasteiger partial charge in [0.2, 0.25) is 0 Å². The number of nitrogens with one attached hydrogen (secondary N) is 2. The van der Waals surface area contributed by atoms with Crippen molar-refractivity contribution in [2.45, 2.75) is 11.6 Å². The lowest BCUT2D eigenvalue weighted by Gasteiger charge is -2.41. The summed E-state index contributed by atoms with van der Waals surface area (Å²) in [6.45, 7) is 0. The van der Waals surface area contributed by atoms with Crippen LogP contribution in [0.4, 0.5) is 4.79 Å². The molecule has 1 saturated heterocycles. The normalized spacial score (nSPS) is 38.7. The monoisotopic (exact) mass is 215 g/mol. The molecule has 1 radical (unpaired) electrons. The minimum atomic E-state index is -2.41. The van der Waals surface area contributed by atoms with Gasteiger partial charge < -0.3 is 10.4 Å². The highest BCUT2D eigenvalue weighted by molar-refractivity contribution is 6.04. The van der Waals surface area contributed by atoms with Gasteiger partial charge in [-0.05, 0) is 5.26 Å². The summed E-state index contributed by atoms with van der Waals surface area (Å²) >= 11 is 0. The predicted octanol–water partition coefficient (Wildman–Crippen LogP) is -2.50. The molecule has 2 aliphatic heterocycles. The van der Waals surface area contributed by atoms with Gasteiger partial charge in [-0.3, -0.25) is 15.0 Å². The van der Waals surface area contributed by atoms with E-state index < -0.39 is 23.5 Å². The van der Waals surface area contributed by atoms with Crippen molar-refractivity contribution in [3.05, 3.63) is 0 Å². The summed E-state index contributed by atoms with van der Waals surface area (Å²) in [5.41, 5.74) is -2.34. The maximum atomic E-state index is 11.6. The summed E-state index contributed by atoms with van der Waals surface area (Å²) in [7, 11) is 1.14. The molecule has 9 nitrogen and oxygen atoms in total. The molecule has 0 aliphatic carbocycles. The molecule has 9 heteroatoms. The van der Waals surface area contributed by atoms with Crippen molar-refractivity contribution in [1.82, 2.24) is 15.5 Å². The Hall–Kier alpha value is -1.71. The zero-order valence-electron chi connectivity index (χ0n) is 7.55. The van der Waals surface area contributed by atoms with Crippen LogP contribution in [0.3, 0.4) is 0 Å². The molecule has 3 amide bonds. The van der Waals surface area contributed by atoms with E-state index >= 15 is 0 Å². The molecule has 2 unspecified atom stereocenters. The first-order valence-corrected chi connectivity index (χ1v) is 3.92. The van der Waals surface area contributed by atoms with Gasteiger partial charge in [-0.25, -0.2) is 9.79 Å². The summed E-state index contributed by atoms with van der Waals surface area (Å²) in [6, 6.07) is -0.879. The van der Waals surface area contributed by atoms with Crippen LogP contribution in [-0.2, 0) is 14.9 Å². The molecule has 0 bridgehead atoms. The fraction of sp³-hybridized carbons (Fsp3) is 0.500. The summed E-state index contributed by atoms with van der Waals surface area (Å²) < 4.78 is 0. The minimum Gasteiger partial charge on any atom is -0.348 e. The second-order valence-corrected chi connectivity index (χ2v) is 3.13. The number of amides is 3. The van der Waals surface area contributed by atoms with Crippen molar-refractivity contribution in [1.29, 1.82) is 0 Å². The van der Waals surface area contributed by atoms with E-state index in [4.69, 9.17) is 0 Å². The predicted molar refractivity (Wildman–Crippen MR) is 42.4 cm³/mol. The van der Waals surface area contributed by atoms with Gasteiger partial charge in [-0.1, -0.05) is 0 Å². The number of hydrogen-bond donors (Lipinski definition) is 3. The topological polar surface area (TPSA) is 123 Å². The van der Waals surface area contributed by atoms with Crippen LogP contribution < -0.4 is 10.6 Å². The first-order valence-electron chi connectivity index (χ1n) is 3.92. The van der Waals surface area contributed by atoms with Crippen molar-refractivity contribution in [3.63, 3.8) is 0 Å². The minimum absolute atomic E-state index is 0.605. The van der Waals surface area contributed by atoms with Crippen LogP contribution in [0.25, 0.3) is 0 Å². The van der Waals surface area contributed by atoms with Crippen LogP contribution in [0.2, 0.25) is 0 Å². The average Bonchev–Trinajstić information content (AvgIpc) is 2.53. The van der Waals surface area contributed by atoms with Crippen molar-refractivity contribution < 1.29 is 24.8 Å². The highest BCUT2D eigenvalue weighted by atomic mass is 17.1. The zero-order chi connectivity index (χ0) is 11.3. The lowest BCUT2D eigenvalue weighted by Crippen LogP contribution is -2.78.